The van der Waals surface area contributed by atoms with Crippen LogP contribution in [0.2, 0.25) is 0 Å². The van der Waals surface area contributed by atoms with Crippen molar-refractivity contribution in [3.05, 3.63) is 34.9 Å². The van der Waals surface area contributed by atoms with Gasteiger partial charge in [-0.2, -0.15) is 10.2 Å². The van der Waals surface area contributed by atoms with Crippen LogP contribution in [0.1, 0.15) is 19.9 Å². The van der Waals surface area contributed by atoms with Gasteiger partial charge in [0.1, 0.15) is 18.1 Å². The summed E-state index contributed by atoms with van der Waals surface area (Å²) in [5, 5.41) is 18.5. The molecule has 2 aromatic rings. The first kappa shape index (κ1) is 10.3. The number of hydrogen-bond donors (Lipinski definition) is 0. The molecule has 0 aromatic carbocycles. The van der Waals surface area contributed by atoms with Crippen LogP contribution in [0.4, 0.5) is 5.69 Å². The highest BCUT2D eigenvalue weighted by Crippen LogP contribution is 2.14. The van der Waals surface area contributed by atoms with Crippen LogP contribution in [-0.2, 0) is 0 Å². The minimum atomic E-state index is -0.476. The highest BCUT2D eigenvalue weighted by Gasteiger charge is 2.11. The second-order valence-electron chi connectivity index (χ2n) is 3.67. The van der Waals surface area contributed by atoms with Gasteiger partial charge in [-0.1, -0.05) is 0 Å². The van der Waals surface area contributed by atoms with E-state index in [4.69, 9.17) is 0 Å². The lowest BCUT2D eigenvalue weighted by Crippen LogP contribution is -2.00. The van der Waals surface area contributed by atoms with Crippen molar-refractivity contribution in [2.45, 2.75) is 19.9 Å². The number of hydrogen-bond acceptors (Lipinski definition) is 4. The minimum absolute atomic E-state index is 0.0303. The molecule has 0 saturated heterocycles. The summed E-state index contributed by atoms with van der Waals surface area (Å²) in [7, 11) is 0. The smallest absolute Gasteiger partial charge is 0.268 e. The summed E-state index contributed by atoms with van der Waals surface area (Å²) >= 11 is 0. The first-order chi connectivity index (χ1) is 7.58. The largest absolute Gasteiger partial charge is 0.307 e. The van der Waals surface area contributed by atoms with Gasteiger partial charge in [0.25, 0.3) is 0 Å². The average molecular weight is 221 g/mol. The molecule has 84 valence electrons. The topological polar surface area (TPSA) is 78.8 Å². The van der Waals surface area contributed by atoms with E-state index in [1.54, 1.807) is 17.1 Å². The van der Waals surface area contributed by atoms with Crippen molar-refractivity contribution in [2.75, 3.05) is 0 Å². The third-order valence-corrected chi connectivity index (χ3v) is 2.16. The Hall–Kier alpha value is -2.18. The van der Waals surface area contributed by atoms with E-state index in [0.29, 0.717) is 5.69 Å². The molecule has 0 atom stereocenters. The lowest BCUT2D eigenvalue weighted by Gasteiger charge is -2.02. The summed E-state index contributed by atoms with van der Waals surface area (Å²) in [4.78, 5) is 10.0. The number of rotatable bonds is 3. The summed E-state index contributed by atoms with van der Waals surface area (Å²) in [6.07, 6.45) is 5.99. The minimum Gasteiger partial charge on any atom is -0.268 e. The Bertz CT molecular complexity index is 513. The van der Waals surface area contributed by atoms with E-state index in [1.807, 2.05) is 13.8 Å². The van der Waals surface area contributed by atoms with Crippen molar-refractivity contribution in [3.8, 4) is 5.69 Å². The molecule has 0 aliphatic heterocycles. The Labute approximate surface area is 91.5 Å². The van der Waals surface area contributed by atoms with Gasteiger partial charge in [0.15, 0.2) is 0 Å². The zero-order valence-corrected chi connectivity index (χ0v) is 8.94. The molecule has 2 aromatic heterocycles. The molecule has 0 aliphatic rings. The number of nitrogens with zero attached hydrogens (tertiary/aromatic N) is 5. The van der Waals surface area contributed by atoms with E-state index in [9.17, 15) is 10.1 Å². The van der Waals surface area contributed by atoms with Crippen molar-refractivity contribution in [1.82, 2.24) is 19.6 Å². The van der Waals surface area contributed by atoms with E-state index >= 15 is 0 Å². The van der Waals surface area contributed by atoms with Crippen LogP contribution in [0.25, 0.3) is 5.69 Å². The third kappa shape index (κ3) is 1.79. The molecular formula is C9H11N5O2. The van der Waals surface area contributed by atoms with Crippen LogP contribution >= 0.6 is 0 Å². The predicted octanol–water partition coefficient (Wildman–Crippen LogP) is 1.56. The van der Waals surface area contributed by atoms with Gasteiger partial charge in [-0.05, 0) is 13.8 Å². The van der Waals surface area contributed by atoms with E-state index in [0.717, 1.165) is 0 Å². The van der Waals surface area contributed by atoms with Crippen LogP contribution < -0.4 is 0 Å². The van der Waals surface area contributed by atoms with Gasteiger partial charge < -0.3 is 0 Å². The zero-order chi connectivity index (χ0) is 11.7. The second kappa shape index (κ2) is 3.76. The third-order valence-electron chi connectivity index (χ3n) is 2.16. The van der Waals surface area contributed by atoms with Crippen molar-refractivity contribution in [3.63, 3.8) is 0 Å². The summed E-state index contributed by atoms with van der Waals surface area (Å²) < 4.78 is 3.20. The first-order valence-electron chi connectivity index (χ1n) is 4.81. The van der Waals surface area contributed by atoms with Crippen molar-refractivity contribution in [2.24, 2.45) is 0 Å². The van der Waals surface area contributed by atoms with Crippen LogP contribution in [0.15, 0.2) is 24.8 Å². The molecule has 7 nitrogen and oxygen atoms in total. The Balaban J connectivity index is 2.31. The fourth-order valence-corrected chi connectivity index (χ4v) is 1.28. The Morgan fingerprint density at radius 3 is 2.56 bits per heavy atom. The maximum Gasteiger partial charge on any atom is 0.307 e. The van der Waals surface area contributed by atoms with Gasteiger partial charge in [0, 0.05) is 6.04 Å². The van der Waals surface area contributed by atoms with Gasteiger partial charge >= 0.3 is 5.69 Å². The Morgan fingerprint density at radius 2 is 2.06 bits per heavy atom. The highest BCUT2D eigenvalue weighted by molar-refractivity contribution is 5.30. The number of nitro groups is 1. The highest BCUT2D eigenvalue weighted by atomic mass is 16.6. The van der Waals surface area contributed by atoms with Crippen LogP contribution in [0.5, 0.6) is 0 Å². The number of aromatic nitrogens is 4. The Morgan fingerprint density at radius 1 is 1.31 bits per heavy atom. The van der Waals surface area contributed by atoms with Crippen LogP contribution in [-0.4, -0.2) is 24.5 Å². The van der Waals surface area contributed by atoms with E-state index in [1.165, 1.54) is 17.1 Å². The van der Waals surface area contributed by atoms with Gasteiger partial charge in [0.2, 0.25) is 0 Å². The fraction of sp³-hybridized carbons (Fsp3) is 0.333. The standard InChI is InChI=1S/C9H11N5O2/c1-7(2)12-5-8(3-10-12)13-6-9(4-11-13)14(15)16/h3-7H,1-2H3. The quantitative estimate of drug-likeness (QED) is 0.582. The zero-order valence-electron chi connectivity index (χ0n) is 8.94. The molecule has 0 spiro atoms. The average Bonchev–Trinajstić information content (AvgIpc) is 2.86. The summed E-state index contributed by atoms with van der Waals surface area (Å²) in [5.74, 6) is 0. The van der Waals surface area contributed by atoms with Gasteiger partial charge in [-0.25, -0.2) is 4.68 Å². The summed E-state index contributed by atoms with van der Waals surface area (Å²) in [6.45, 7) is 4.00. The van der Waals surface area contributed by atoms with E-state index < -0.39 is 4.92 Å². The first-order valence-corrected chi connectivity index (χ1v) is 4.81. The predicted molar refractivity (Wildman–Crippen MR) is 56.4 cm³/mol. The molecule has 0 N–H and O–H groups in total. The summed E-state index contributed by atoms with van der Waals surface area (Å²) in [5.41, 5.74) is 0.680. The van der Waals surface area contributed by atoms with Crippen molar-refractivity contribution >= 4 is 5.69 Å². The van der Waals surface area contributed by atoms with Crippen molar-refractivity contribution < 1.29 is 4.92 Å². The molecule has 0 aliphatic carbocycles. The molecule has 0 radical (unpaired) electrons. The second-order valence-corrected chi connectivity index (χ2v) is 3.67. The van der Waals surface area contributed by atoms with Crippen molar-refractivity contribution in [1.29, 1.82) is 0 Å². The fourth-order valence-electron chi connectivity index (χ4n) is 1.28. The lowest BCUT2D eigenvalue weighted by molar-refractivity contribution is -0.384. The molecular weight excluding hydrogens is 210 g/mol. The maximum absolute atomic E-state index is 10.5. The maximum atomic E-state index is 10.5. The SMILES string of the molecule is CC(C)n1cc(-n2cc([N+](=O)[O-])cn2)cn1. The van der Waals surface area contributed by atoms with E-state index in [2.05, 4.69) is 10.2 Å². The lowest BCUT2D eigenvalue weighted by atomic mass is 10.4. The molecule has 2 rings (SSSR count). The van der Waals surface area contributed by atoms with Crippen LogP contribution in [0.3, 0.4) is 0 Å². The monoisotopic (exact) mass is 221 g/mol. The normalized spacial score (nSPS) is 10.9. The molecule has 7 heteroatoms. The molecule has 0 saturated carbocycles. The van der Waals surface area contributed by atoms with Gasteiger partial charge in [-0.15, -0.1) is 0 Å². The molecule has 16 heavy (non-hydrogen) atoms. The van der Waals surface area contributed by atoms with Gasteiger partial charge in [-0.3, -0.25) is 14.8 Å². The van der Waals surface area contributed by atoms with E-state index in [-0.39, 0.29) is 11.7 Å². The molecule has 0 unspecified atom stereocenters. The van der Waals surface area contributed by atoms with Gasteiger partial charge in [0.05, 0.1) is 17.3 Å². The summed E-state index contributed by atoms with van der Waals surface area (Å²) in [6, 6.07) is 0.249. The van der Waals surface area contributed by atoms with Crippen LogP contribution in [0, 0.1) is 10.1 Å². The molecule has 0 bridgehead atoms. The molecule has 0 fully saturated rings. The Kier molecular flexibility index (Phi) is 2.43. The molecule has 2 heterocycles. The molecule has 0 amide bonds.